The van der Waals surface area contributed by atoms with Crippen molar-refractivity contribution in [2.45, 2.75) is 38.5 Å². The molecule has 0 bridgehead atoms. The molecule has 0 radical (unpaired) electrons. The second kappa shape index (κ2) is 8.41. The number of carbonyl (C=O) groups is 2. The molecular weight excluding hydrogens is 282 g/mol. The molecule has 120 valence electrons. The first-order valence-corrected chi connectivity index (χ1v) is 7.88. The molecule has 0 atom stereocenters. The van der Waals surface area contributed by atoms with Gasteiger partial charge in [0.05, 0.1) is 0 Å². The third-order valence-electron chi connectivity index (χ3n) is 4.01. The number of amides is 1. The van der Waals surface area contributed by atoms with Gasteiger partial charge in [0, 0.05) is 12.1 Å². The van der Waals surface area contributed by atoms with Crippen LogP contribution in [-0.4, -0.2) is 30.1 Å². The molecule has 0 spiro atoms. The van der Waals surface area contributed by atoms with Crippen molar-refractivity contribution in [1.29, 1.82) is 0 Å². The van der Waals surface area contributed by atoms with E-state index in [0.717, 1.165) is 12.3 Å². The number of aliphatic carboxylic acids is 1. The summed E-state index contributed by atoms with van der Waals surface area (Å²) < 4.78 is 5.07. The zero-order valence-corrected chi connectivity index (χ0v) is 12.7. The summed E-state index contributed by atoms with van der Waals surface area (Å²) in [7, 11) is 0. The summed E-state index contributed by atoms with van der Waals surface area (Å²) >= 11 is 0. The highest BCUT2D eigenvalue weighted by molar-refractivity contribution is 5.94. The van der Waals surface area contributed by atoms with E-state index in [1.54, 1.807) is 24.3 Å². The van der Waals surface area contributed by atoms with E-state index in [0.29, 0.717) is 17.9 Å². The van der Waals surface area contributed by atoms with E-state index in [1.165, 1.54) is 32.1 Å². The Morgan fingerprint density at radius 2 is 2.05 bits per heavy atom. The average molecular weight is 305 g/mol. The quantitative estimate of drug-likeness (QED) is 0.724. The Balaban J connectivity index is 1.74. The van der Waals surface area contributed by atoms with Gasteiger partial charge in [0.1, 0.15) is 5.75 Å². The van der Waals surface area contributed by atoms with Crippen LogP contribution in [0.4, 0.5) is 0 Å². The Morgan fingerprint density at radius 1 is 1.27 bits per heavy atom. The Kier molecular flexibility index (Phi) is 6.25. The molecule has 1 aliphatic rings. The molecule has 1 aliphatic carbocycles. The Morgan fingerprint density at radius 3 is 2.77 bits per heavy atom. The van der Waals surface area contributed by atoms with Crippen LogP contribution in [0.2, 0.25) is 0 Å². The van der Waals surface area contributed by atoms with Crippen LogP contribution in [0.25, 0.3) is 0 Å². The topological polar surface area (TPSA) is 75.6 Å². The van der Waals surface area contributed by atoms with Gasteiger partial charge >= 0.3 is 5.97 Å². The van der Waals surface area contributed by atoms with Gasteiger partial charge in [0.2, 0.25) is 0 Å². The van der Waals surface area contributed by atoms with Gasteiger partial charge in [-0.05, 0) is 37.0 Å². The number of nitrogens with one attached hydrogen (secondary N) is 1. The van der Waals surface area contributed by atoms with Crippen molar-refractivity contribution >= 4 is 11.9 Å². The maximum atomic E-state index is 12.0. The molecule has 1 aromatic carbocycles. The minimum atomic E-state index is -1.04. The van der Waals surface area contributed by atoms with Gasteiger partial charge in [-0.2, -0.15) is 0 Å². The first-order valence-electron chi connectivity index (χ1n) is 7.88. The van der Waals surface area contributed by atoms with Gasteiger partial charge < -0.3 is 15.2 Å². The average Bonchev–Trinajstić information content (AvgIpc) is 3.03. The summed E-state index contributed by atoms with van der Waals surface area (Å²) in [5.41, 5.74) is 0.490. The largest absolute Gasteiger partial charge is 0.482 e. The lowest BCUT2D eigenvalue weighted by molar-refractivity contribution is -0.139. The molecule has 0 aliphatic heterocycles. The van der Waals surface area contributed by atoms with E-state index >= 15 is 0 Å². The zero-order chi connectivity index (χ0) is 15.8. The number of rotatable bonds is 8. The van der Waals surface area contributed by atoms with E-state index in [9.17, 15) is 9.59 Å². The second-order valence-electron chi connectivity index (χ2n) is 5.76. The first kappa shape index (κ1) is 16.3. The third-order valence-corrected chi connectivity index (χ3v) is 4.01. The molecule has 0 aromatic heterocycles. The van der Waals surface area contributed by atoms with Gasteiger partial charge in [-0.3, -0.25) is 4.79 Å². The molecule has 22 heavy (non-hydrogen) atoms. The van der Waals surface area contributed by atoms with Gasteiger partial charge in [0.25, 0.3) is 5.91 Å². The summed E-state index contributed by atoms with van der Waals surface area (Å²) in [6, 6.07) is 6.58. The van der Waals surface area contributed by atoms with Crippen LogP contribution in [0.1, 0.15) is 48.9 Å². The van der Waals surface area contributed by atoms with Crippen LogP contribution in [0, 0.1) is 5.92 Å². The fourth-order valence-corrected chi connectivity index (χ4v) is 2.87. The van der Waals surface area contributed by atoms with Crippen LogP contribution in [-0.2, 0) is 4.79 Å². The van der Waals surface area contributed by atoms with Crippen molar-refractivity contribution in [3.05, 3.63) is 29.8 Å². The normalized spacial score (nSPS) is 14.7. The van der Waals surface area contributed by atoms with Crippen LogP contribution < -0.4 is 10.1 Å². The Hall–Kier alpha value is -2.04. The van der Waals surface area contributed by atoms with E-state index in [2.05, 4.69) is 5.32 Å². The molecule has 0 heterocycles. The number of hydrogen-bond acceptors (Lipinski definition) is 3. The Bertz CT molecular complexity index is 509. The third kappa shape index (κ3) is 5.39. The molecule has 1 aromatic rings. The fraction of sp³-hybridized carbons (Fsp3) is 0.529. The minimum Gasteiger partial charge on any atom is -0.482 e. The summed E-state index contributed by atoms with van der Waals surface area (Å²) in [5.74, 6) is 0.0413. The minimum absolute atomic E-state index is 0.146. The van der Waals surface area contributed by atoms with E-state index in [1.807, 2.05) is 0 Å². The highest BCUT2D eigenvalue weighted by Gasteiger charge is 2.14. The van der Waals surface area contributed by atoms with Crippen molar-refractivity contribution in [1.82, 2.24) is 5.32 Å². The van der Waals surface area contributed by atoms with Gasteiger partial charge in [-0.25, -0.2) is 4.79 Å². The lowest BCUT2D eigenvalue weighted by Crippen LogP contribution is -2.24. The van der Waals surface area contributed by atoms with Gasteiger partial charge in [0.15, 0.2) is 6.61 Å². The second-order valence-corrected chi connectivity index (χ2v) is 5.76. The summed E-state index contributed by atoms with van der Waals surface area (Å²) in [6.07, 6.45) is 7.54. The van der Waals surface area contributed by atoms with Crippen LogP contribution >= 0.6 is 0 Å². The number of benzene rings is 1. The van der Waals surface area contributed by atoms with Crippen molar-refractivity contribution in [3.8, 4) is 5.75 Å². The molecule has 1 amide bonds. The first-order chi connectivity index (χ1) is 10.6. The monoisotopic (exact) mass is 305 g/mol. The van der Waals surface area contributed by atoms with Crippen LogP contribution in [0.5, 0.6) is 5.75 Å². The highest BCUT2D eigenvalue weighted by atomic mass is 16.5. The number of carboxylic acid groups (broad SMARTS) is 1. The van der Waals surface area contributed by atoms with Crippen molar-refractivity contribution in [3.63, 3.8) is 0 Å². The van der Waals surface area contributed by atoms with Crippen molar-refractivity contribution < 1.29 is 19.4 Å². The lowest BCUT2D eigenvalue weighted by atomic mass is 10.0. The van der Waals surface area contributed by atoms with E-state index in [-0.39, 0.29) is 5.91 Å². The predicted molar refractivity (Wildman–Crippen MR) is 83.1 cm³/mol. The maximum Gasteiger partial charge on any atom is 0.341 e. The SMILES string of the molecule is O=C(O)COc1cccc(C(=O)NCCCC2CCCC2)c1. The van der Waals surface area contributed by atoms with Gasteiger partial charge in [-0.15, -0.1) is 0 Å². The molecule has 0 unspecified atom stereocenters. The lowest BCUT2D eigenvalue weighted by Gasteiger charge is -2.10. The molecular formula is C17H23NO4. The fourth-order valence-electron chi connectivity index (χ4n) is 2.87. The van der Waals surface area contributed by atoms with E-state index < -0.39 is 12.6 Å². The van der Waals surface area contributed by atoms with Gasteiger partial charge in [-0.1, -0.05) is 31.7 Å². The molecule has 2 N–H and O–H groups in total. The van der Waals surface area contributed by atoms with Crippen LogP contribution in [0.15, 0.2) is 24.3 Å². The molecule has 1 fully saturated rings. The molecule has 2 rings (SSSR count). The number of carbonyl (C=O) groups excluding carboxylic acids is 1. The predicted octanol–water partition coefficient (Wildman–Crippen LogP) is 2.85. The number of hydrogen-bond donors (Lipinski definition) is 2. The highest BCUT2D eigenvalue weighted by Crippen LogP contribution is 2.28. The smallest absolute Gasteiger partial charge is 0.341 e. The molecule has 1 saturated carbocycles. The standard InChI is InChI=1S/C17H23NO4/c19-16(20)12-22-15-9-3-8-14(11-15)17(21)18-10-4-7-13-5-1-2-6-13/h3,8-9,11,13H,1-2,4-7,10,12H2,(H,18,21)(H,19,20). The van der Waals surface area contributed by atoms with E-state index in [4.69, 9.17) is 9.84 Å². The summed E-state index contributed by atoms with van der Waals surface area (Å²) in [6.45, 7) is 0.266. The zero-order valence-electron chi connectivity index (χ0n) is 12.7. The van der Waals surface area contributed by atoms with Crippen molar-refractivity contribution in [2.75, 3.05) is 13.2 Å². The summed E-state index contributed by atoms with van der Waals surface area (Å²) in [5, 5.41) is 11.5. The number of ether oxygens (including phenoxy) is 1. The summed E-state index contributed by atoms with van der Waals surface area (Å²) in [4.78, 5) is 22.5. The number of carboxylic acids is 1. The molecule has 5 heteroatoms. The van der Waals surface area contributed by atoms with Crippen molar-refractivity contribution in [2.24, 2.45) is 5.92 Å². The Labute approximate surface area is 130 Å². The molecule has 5 nitrogen and oxygen atoms in total. The maximum absolute atomic E-state index is 12.0. The van der Waals surface area contributed by atoms with Crippen LogP contribution in [0.3, 0.4) is 0 Å². The molecule has 0 saturated heterocycles.